The summed E-state index contributed by atoms with van der Waals surface area (Å²) < 4.78 is 16.4. The van der Waals surface area contributed by atoms with Gasteiger partial charge in [-0.1, -0.05) is 55.9 Å². The molecule has 0 fully saturated rings. The highest BCUT2D eigenvalue weighted by Crippen LogP contribution is 2.32. The van der Waals surface area contributed by atoms with Gasteiger partial charge < -0.3 is 4.57 Å². The van der Waals surface area contributed by atoms with Gasteiger partial charge in [0.1, 0.15) is 5.82 Å². The van der Waals surface area contributed by atoms with Crippen LogP contribution in [0.25, 0.3) is 11.4 Å². The number of carbonyl (C=O) groups excluding carboxylic acids is 1. The molecule has 0 aliphatic heterocycles. The molecule has 0 saturated heterocycles. The molecule has 2 aromatic heterocycles. The van der Waals surface area contributed by atoms with Crippen LogP contribution < -0.4 is 4.90 Å². The fourth-order valence-corrected chi connectivity index (χ4v) is 5.21. The summed E-state index contributed by atoms with van der Waals surface area (Å²) in [6.07, 6.45) is 0. The van der Waals surface area contributed by atoms with Crippen molar-refractivity contribution in [1.29, 1.82) is 0 Å². The Morgan fingerprint density at radius 2 is 1.85 bits per heavy atom. The maximum absolute atomic E-state index is 14.4. The van der Waals surface area contributed by atoms with E-state index in [2.05, 4.69) is 29.0 Å². The van der Waals surface area contributed by atoms with E-state index >= 15 is 0 Å². The zero-order chi connectivity index (χ0) is 23.4. The molecule has 0 N–H and O–H groups in total. The molecular weight excluding hydrogens is 457 g/mol. The topological polar surface area (TPSA) is 63.9 Å². The van der Waals surface area contributed by atoms with Crippen LogP contribution in [0.15, 0.2) is 65.1 Å². The molecule has 2 heterocycles. The van der Waals surface area contributed by atoms with E-state index in [-0.39, 0.29) is 11.7 Å². The Bertz CT molecular complexity index is 1240. The zero-order valence-electron chi connectivity index (χ0n) is 18.6. The highest BCUT2D eigenvalue weighted by molar-refractivity contribution is 7.98. The van der Waals surface area contributed by atoms with Crippen molar-refractivity contribution >= 4 is 39.8 Å². The number of nitrogens with zero attached hydrogens (tertiary/aromatic N) is 5. The van der Waals surface area contributed by atoms with Crippen LogP contribution in [-0.4, -0.2) is 25.7 Å². The van der Waals surface area contributed by atoms with E-state index < -0.39 is 0 Å². The Morgan fingerprint density at radius 1 is 1.12 bits per heavy atom. The minimum absolute atomic E-state index is 0.0963. The Balaban J connectivity index is 1.56. The van der Waals surface area contributed by atoms with Gasteiger partial charge in [-0.15, -0.1) is 21.5 Å². The molecule has 4 aromatic rings. The molecule has 33 heavy (non-hydrogen) atoms. The summed E-state index contributed by atoms with van der Waals surface area (Å²) in [5.74, 6) is 1.01. The van der Waals surface area contributed by atoms with Gasteiger partial charge in [0.05, 0.1) is 16.9 Å². The quantitative estimate of drug-likeness (QED) is 0.282. The SMILES string of the molecule is CC(=O)N(c1ccccc1)c1nc(CSc2nnc(-c3ccccc3F)n2CC(C)C)cs1. The van der Waals surface area contributed by atoms with Gasteiger partial charge in [0, 0.05) is 24.6 Å². The number of rotatable bonds is 8. The van der Waals surface area contributed by atoms with Crippen LogP contribution in [0, 0.1) is 11.7 Å². The molecule has 0 atom stereocenters. The second-order valence-electron chi connectivity index (χ2n) is 7.89. The molecule has 0 aliphatic rings. The number of para-hydroxylation sites is 1. The summed E-state index contributed by atoms with van der Waals surface area (Å²) in [5, 5.41) is 11.9. The number of thioether (sulfide) groups is 1. The van der Waals surface area contributed by atoms with E-state index in [0.717, 1.165) is 11.4 Å². The molecule has 0 unspecified atom stereocenters. The smallest absolute Gasteiger partial charge is 0.230 e. The van der Waals surface area contributed by atoms with Crippen LogP contribution in [0.3, 0.4) is 0 Å². The summed E-state index contributed by atoms with van der Waals surface area (Å²) in [4.78, 5) is 18.6. The number of benzene rings is 2. The number of anilines is 2. The predicted octanol–water partition coefficient (Wildman–Crippen LogP) is 6.17. The van der Waals surface area contributed by atoms with Crippen molar-refractivity contribution in [2.45, 2.75) is 38.2 Å². The largest absolute Gasteiger partial charge is 0.302 e. The first-order valence-corrected chi connectivity index (χ1v) is 12.4. The maximum atomic E-state index is 14.4. The van der Waals surface area contributed by atoms with E-state index in [0.29, 0.717) is 39.9 Å². The van der Waals surface area contributed by atoms with Crippen molar-refractivity contribution in [2.75, 3.05) is 4.90 Å². The van der Waals surface area contributed by atoms with Gasteiger partial charge >= 0.3 is 0 Å². The van der Waals surface area contributed by atoms with Gasteiger partial charge in [-0.25, -0.2) is 9.37 Å². The van der Waals surface area contributed by atoms with Gasteiger partial charge in [0.15, 0.2) is 16.1 Å². The number of carbonyl (C=O) groups is 1. The van der Waals surface area contributed by atoms with Gasteiger partial charge in [-0.3, -0.25) is 9.69 Å². The fraction of sp³-hybridized carbons (Fsp3) is 0.250. The van der Waals surface area contributed by atoms with E-state index in [1.54, 1.807) is 23.1 Å². The summed E-state index contributed by atoms with van der Waals surface area (Å²) >= 11 is 2.92. The standard InChI is InChI=1S/C24H24FN5OS2/c1-16(2)13-29-22(20-11-7-8-12-21(20)25)27-28-24(29)33-15-18-14-32-23(26-18)30(17(3)31)19-9-5-4-6-10-19/h4-12,14,16H,13,15H2,1-3H3. The predicted molar refractivity (Wildman–Crippen MR) is 131 cm³/mol. The van der Waals surface area contributed by atoms with E-state index in [1.165, 1.54) is 36.1 Å². The lowest BCUT2D eigenvalue weighted by molar-refractivity contribution is -0.115. The molecule has 0 spiro atoms. The van der Waals surface area contributed by atoms with Crippen molar-refractivity contribution in [1.82, 2.24) is 19.7 Å². The van der Waals surface area contributed by atoms with Crippen LogP contribution in [0.1, 0.15) is 26.5 Å². The van der Waals surface area contributed by atoms with Crippen LogP contribution >= 0.6 is 23.1 Å². The third kappa shape index (κ3) is 5.31. The van der Waals surface area contributed by atoms with Crippen molar-refractivity contribution in [3.8, 4) is 11.4 Å². The molecule has 0 aliphatic carbocycles. The fourth-order valence-electron chi connectivity index (χ4n) is 3.37. The lowest BCUT2D eigenvalue weighted by Gasteiger charge is -2.17. The second kappa shape index (κ2) is 10.3. The highest BCUT2D eigenvalue weighted by atomic mass is 32.2. The Morgan fingerprint density at radius 3 is 2.55 bits per heavy atom. The van der Waals surface area contributed by atoms with Crippen molar-refractivity contribution in [3.05, 3.63) is 71.5 Å². The third-order valence-corrected chi connectivity index (χ3v) is 6.66. The molecule has 0 saturated carbocycles. The zero-order valence-corrected chi connectivity index (χ0v) is 20.2. The summed E-state index contributed by atoms with van der Waals surface area (Å²) in [7, 11) is 0. The van der Waals surface area contributed by atoms with Gasteiger partial charge in [0.25, 0.3) is 0 Å². The van der Waals surface area contributed by atoms with Crippen LogP contribution in [0.4, 0.5) is 15.2 Å². The molecule has 2 aromatic carbocycles. The Hall–Kier alpha value is -3.04. The number of amides is 1. The average Bonchev–Trinajstić information content (AvgIpc) is 3.40. The Labute approximate surface area is 200 Å². The van der Waals surface area contributed by atoms with E-state index in [4.69, 9.17) is 0 Å². The number of hydrogen-bond acceptors (Lipinski definition) is 6. The first-order valence-electron chi connectivity index (χ1n) is 10.5. The minimum atomic E-state index is -0.319. The van der Waals surface area contributed by atoms with Crippen LogP contribution in [0.5, 0.6) is 0 Å². The first kappa shape index (κ1) is 23.1. The number of thiazole rings is 1. The molecule has 6 nitrogen and oxygen atoms in total. The number of hydrogen-bond donors (Lipinski definition) is 0. The molecule has 4 rings (SSSR count). The summed E-state index contributed by atoms with van der Waals surface area (Å²) in [6.45, 7) is 6.41. The Kier molecular flexibility index (Phi) is 7.20. The maximum Gasteiger partial charge on any atom is 0.230 e. The molecule has 170 valence electrons. The van der Waals surface area contributed by atoms with Crippen molar-refractivity contribution in [2.24, 2.45) is 5.92 Å². The third-order valence-electron chi connectivity index (χ3n) is 4.79. The van der Waals surface area contributed by atoms with E-state index in [9.17, 15) is 9.18 Å². The van der Waals surface area contributed by atoms with Crippen LogP contribution in [-0.2, 0) is 17.1 Å². The first-order chi connectivity index (χ1) is 15.9. The summed E-state index contributed by atoms with van der Waals surface area (Å²) in [6, 6.07) is 16.1. The van der Waals surface area contributed by atoms with Crippen molar-refractivity contribution < 1.29 is 9.18 Å². The summed E-state index contributed by atoms with van der Waals surface area (Å²) in [5.41, 5.74) is 2.06. The normalized spacial score (nSPS) is 11.2. The second-order valence-corrected chi connectivity index (χ2v) is 9.67. The molecule has 0 radical (unpaired) electrons. The molecule has 9 heteroatoms. The minimum Gasteiger partial charge on any atom is -0.302 e. The lowest BCUT2D eigenvalue weighted by Crippen LogP contribution is -2.22. The van der Waals surface area contributed by atoms with E-state index in [1.807, 2.05) is 40.3 Å². The average molecular weight is 482 g/mol. The highest BCUT2D eigenvalue weighted by Gasteiger charge is 2.20. The molecular formula is C24H24FN5OS2. The van der Waals surface area contributed by atoms with Gasteiger partial charge in [-0.05, 0) is 30.2 Å². The van der Waals surface area contributed by atoms with Gasteiger partial charge in [0.2, 0.25) is 5.91 Å². The van der Waals surface area contributed by atoms with Gasteiger partial charge in [-0.2, -0.15) is 0 Å². The van der Waals surface area contributed by atoms with Crippen molar-refractivity contribution in [3.63, 3.8) is 0 Å². The van der Waals surface area contributed by atoms with Crippen LogP contribution in [0.2, 0.25) is 0 Å². The molecule has 0 bridgehead atoms. The monoisotopic (exact) mass is 481 g/mol. The number of aromatic nitrogens is 4. The number of halogens is 1. The molecule has 1 amide bonds. The lowest BCUT2D eigenvalue weighted by atomic mass is 10.2.